The highest BCUT2D eigenvalue weighted by molar-refractivity contribution is 5.97. The van der Waals surface area contributed by atoms with E-state index in [1.807, 2.05) is 6.92 Å². The van der Waals surface area contributed by atoms with Crippen molar-refractivity contribution in [2.24, 2.45) is 5.73 Å². The van der Waals surface area contributed by atoms with E-state index in [1.165, 1.54) is 25.3 Å². The second-order valence-corrected chi connectivity index (χ2v) is 5.27. The van der Waals surface area contributed by atoms with Crippen molar-refractivity contribution in [2.45, 2.75) is 38.3 Å². The Morgan fingerprint density at radius 1 is 1.50 bits per heavy atom. The van der Waals surface area contributed by atoms with Crippen LogP contribution >= 0.6 is 0 Å². The molecule has 20 heavy (non-hydrogen) atoms. The maximum absolute atomic E-state index is 13.4. The van der Waals surface area contributed by atoms with Gasteiger partial charge in [0.25, 0.3) is 5.91 Å². The van der Waals surface area contributed by atoms with Crippen molar-refractivity contribution < 1.29 is 13.9 Å². The summed E-state index contributed by atoms with van der Waals surface area (Å²) in [5, 5.41) is 0. The number of ether oxygens (including phenoxy) is 1. The van der Waals surface area contributed by atoms with Crippen LogP contribution in [0.25, 0.3) is 0 Å². The number of hydrogen-bond acceptors (Lipinski definition) is 3. The number of halogens is 1. The van der Waals surface area contributed by atoms with Gasteiger partial charge < -0.3 is 15.4 Å². The molecule has 0 aromatic heterocycles. The summed E-state index contributed by atoms with van der Waals surface area (Å²) in [5.74, 6) is -0.253. The molecule has 1 aliphatic heterocycles. The van der Waals surface area contributed by atoms with Crippen LogP contribution in [0.15, 0.2) is 18.2 Å². The zero-order valence-corrected chi connectivity index (χ0v) is 11.9. The van der Waals surface area contributed by atoms with Crippen LogP contribution in [0.4, 0.5) is 4.39 Å². The molecule has 0 radical (unpaired) electrons. The summed E-state index contributed by atoms with van der Waals surface area (Å²) < 4.78 is 18.6. The SMILES string of the molecule is COc1ccc(F)cc1C(=O)N1CCCCC1C(C)N. The lowest BCUT2D eigenvalue weighted by Crippen LogP contribution is -2.51. The highest BCUT2D eigenvalue weighted by Crippen LogP contribution is 2.26. The summed E-state index contributed by atoms with van der Waals surface area (Å²) in [6.45, 7) is 2.56. The van der Waals surface area contributed by atoms with Crippen LogP contribution in [0.1, 0.15) is 36.5 Å². The Labute approximate surface area is 118 Å². The third-order valence-corrected chi connectivity index (χ3v) is 3.81. The molecule has 4 nitrogen and oxygen atoms in total. The summed E-state index contributed by atoms with van der Waals surface area (Å²) >= 11 is 0. The van der Waals surface area contributed by atoms with Crippen molar-refractivity contribution >= 4 is 5.91 Å². The Kier molecular flexibility index (Phi) is 4.60. The fourth-order valence-corrected chi connectivity index (χ4v) is 2.76. The molecule has 1 heterocycles. The molecule has 2 rings (SSSR count). The zero-order chi connectivity index (χ0) is 14.7. The van der Waals surface area contributed by atoms with Crippen LogP contribution in [0.3, 0.4) is 0 Å². The molecule has 110 valence electrons. The van der Waals surface area contributed by atoms with E-state index in [4.69, 9.17) is 10.5 Å². The molecule has 1 fully saturated rings. The third-order valence-electron chi connectivity index (χ3n) is 3.81. The number of carbonyl (C=O) groups is 1. The molecule has 0 bridgehead atoms. The lowest BCUT2D eigenvalue weighted by atomic mass is 9.96. The Morgan fingerprint density at radius 3 is 2.90 bits per heavy atom. The molecule has 1 aliphatic rings. The minimum absolute atomic E-state index is 0.00391. The van der Waals surface area contributed by atoms with Gasteiger partial charge in [-0.05, 0) is 44.4 Å². The van der Waals surface area contributed by atoms with Crippen molar-refractivity contribution in [2.75, 3.05) is 13.7 Å². The van der Waals surface area contributed by atoms with Crippen LogP contribution in [-0.2, 0) is 0 Å². The largest absolute Gasteiger partial charge is 0.496 e. The first-order valence-corrected chi connectivity index (χ1v) is 6.94. The zero-order valence-electron chi connectivity index (χ0n) is 11.9. The molecule has 0 spiro atoms. The molecule has 1 aromatic carbocycles. The van der Waals surface area contributed by atoms with Crippen LogP contribution in [-0.4, -0.2) is 36.5 Å². The van der Waals surface area contributed by atoms with E-state index in [0.717, 1.165) is 19.3 Å². The van der Waals surface area contributed by atoms with Gasteiger partial charge in [0.15, 0.2) is 0 Å². The predicted molar refractivity (Wildman–Crippen MR) is 75.3 cm³/mol. The number of methoxy groups -OCH3 is 1. The number of nitrogens with two attached hydrogens (primary N) is 1. The average molecular weight is 280 g/mol. The molecule has 0 aliphatic carbocycles. The first kappa shape index (κ1) is 14.8. The molecule has 1 aromatic rings. The number of hydrogen-bond donors (Lipinski definition) is 1. The standard InChI is InChI=1S/C15H21FN2O2/c1-10(17)13-5-3-4-8-18(13)15(19)12-9-11(16)6-7-14(12)20-2/h6-7,9-10,13H,3-5,8,17H2,1-2H3. The first-order valence-electron chi connectivity index (χ1n) is 6.94. The van der Waals surface area contributed by atoms with Crippen molar-refractivity contribution in [1.29, 1.82) is 0 Å². The molecular weight excluding hydrogens is 259 g/mol. The van der Waals surface area contributed by atoms with Crippen LogP contribution in [0.5, 0.6) is 5.75 Å². The Hall–Kier alpha value is -1.62. The Balaban J connectivity index is 2.31. The summed E-state index contributed by atoms with van der Waals surface area (Å²) in [5.41, 5.74) is 6.24. The van der Waals surface area contributed by atoms with E-state index < -0.39 is 5.82 Å². The minimum atomic E-state index is -0.441. The van der Waals surface area contributed by atoms with E-state index in [9.17, 15) is 9.18 Å². The number of rotatable bonds is 3. The van der Waals surface area contributed by atoms with E-state index in [2.05, 4.69) is 0 Å². The normalized spacial score (nSPS) is 20.6. The minimum Gasteiger partial charge on any atom is -0.496 e. The van der Waals surface area contributed by atoms with E-state index in [0.29, 0.717) is 12.3 Å². The van der Waals surface area contributed by atoms with Crippen molar-refractivity contribution in [1.82, 2.24) is 4.90 Å². The first-order chi connectivity index (χ1) is 9.54. The number of likely N-dealkylation sites (tertiary alicyclic amines) is 1. The van der Waals surface area contributed by atoms with Gasteiger partial charge in [-0.3, -0.25) is 4.79 Å². The molecule has 2 unspecified atom stereocenters. The van der Waals surface area contributed by atoms with Gasteiger partial charge in [0.2, 0.25) is 0 Å². The van der Waals surface area contributed by atoms with E-state index in [-0.39, 0.29) is 23.6 Å². The second-order valence-electron chi connectivity index (χ2n) is 5.27. The van der Waals surface area contributed by atoms with Gasteiger partial charge >= 0.3 is 0 Å². The average Bonchev–Trinajstić information content (AvgIpc) is 2.46. The maximum atomic E-state index is 13.4. The monoisotopic (exact) mass is 280 g/mol. The van der Waals surface area contributed by atoms with Gasteiger partial charge in [0, 0.05) is 18.6 Å². The molecule has 1 saturated heterocycles. The Bertz CT molecular complexity index is 491. The smallest absolute Gasteiger partial charge is 0.258 e. The molecule has 0 saturated carbocycles. The van der Waals surface area contributed by atoms with E-state index in [1.54, 1.807) is 4.90 Å². The molecule has 5 heteroatoms. The summed E-state index contributed by atoms with van der Waals surface area (Å²) in [6, 6.07) is 3.90. The van der Waals surface area contributed by atoms with Gasteiger partial charge in [-0.25, -0.2) is 4.39 Å². The number of piperidine rings is 1. The number of carbonyl (C=O) groups excluding carboxylic acids is 1. The third kappa shape index (κ3) is 2.93. The van der Waals surface area contributed by atoms with Crippen LogP contribution in [0.2, 0.25) is 0 Å². The summed E-state index contributed by atoms with van der Waals surface area (Å²) in [4.78, 5) is 14.4. The van der Waals surface area contributed by atoms with Gasteiger partial charge in [-0.2, -0.15) is 0 Å². The van der Waals surface area contributed by atoms with Gasteiger partial charge in [-0.1, -0.05) is 0 Å². The van der Waals surface area contributed by atoms with Crippen LogP contribution in [0, 0.1) is 5.82 Å². The lowest BCUT2D eigenvalue weighted by molar-refractivity contribution is 0.0580. The van der Waals surface area contributed by atoms with Gasteiger partial charge in [0.05, 0.1) is 12.7 Å². The fraction of sp³-hybridized carbons (Fsp3) is 0.533. The molecule has 2 atom stereocenters. The highest BCUT2D eigenvalue weighted by atomic mass is 19.1. The number of benzene rings is 1. The number of nitrogens with zero attached hydrogens (tertiary/aromatic N) is 1. The molecular formula is C15H21FN2O2. The Morgan fingerprint density at radius 2 is 2.25 bits per heavy atom. The van der Waals surface area contributed by atoms with E-state index >= 15 is 0 Å². The summed E-state index contributed by atoms with van der Waals surface area (Å²) in [6.07, 6.45) is 2.91. The second kappa shape index (κ2) is 6.22. The lowest BCUT2D eigenvalue weighted by Gasteiger charge is -2.38. The molecule has 2 N–H and O–H groups in total. The maximum Gasteiger partial charge on any atom is 0.258 e. The van der Waals surface area contributed by atoms with Crippen LogP contribution < -0.4 is 10.5 Å². The van der Waals surface area contributed by atoms with Crippen molar-refractivity contribution in [3.8, 4) is 5.75 Å². The number of amides is 1. The topological polar surface area (TPSA) is 55.6 Å². The fourth-order valence-electron chi connectivity index (χ4n) is 2.76. The predicted octanol–water partition coefficient (Wildman–Crippen LogP) is 2.18. The quantitative estimate of drug-likeness (QED) is 0.923. The highest BCUT2D eigenvalue weighted by Gasteiger charge is 2.31. The van der Waals surface area contributed by atoms with Gasteiger partial charge in [-0.15, -0.1) is 0 Å². The van der Waals surface area contributed by atoms with Crippen molar-refractivity contribution in [3.05, 3.63) is 29.6 Å². The van der Waals surface area contributed by atoms with Crippen molar-refractivity contribution in [3.63, 3.8) is 0 Å². The summed E-state index contributed by atoms with van der Waals surface area (Å²) in [7, 11) is 1.48. The molecule has 1 amide bonds. The van der Waals surface area contributed by atoms with Gasteiger partial charge in [0.1, 0.15) is 11.6 Å².